The van der Waals surface area contributed by atoms with Crippen LogP contribution < -0.4 is 0 Å². The first-order valence-electron chi connectivity index (χ1n) is 11.7. The molecule has 1 saturated carbocycles. The van der Waals surface area contributed by atoms with Gasteiger partial charge in [-0.05, 0) is 57.2 Å². The number of imide groups is 1. The Labute approximate surface area is 178 Å². The van der Waals surface area contributed by atoms with Gasteiger partial charge in [0.2, 0.25) is 11.8 Å². The highest BCUT2D eigenvalue weighted by molar-refractivity contribution is 6.05. The van der Waals surface area contributed by atoms with Crippen LogP contribution in [0, 0.1) is 11.8 Å². The van der Waals surface area contributed by atoms with E-state index >= 15 is 0 Å². The van der Waals surface area contributed by atoms with E-state index in [0.29, 0.717) is 12.6 Å². The molecule has 0 radical (unpaired) electrons. The Morgan fingerprint density at radius 1 is 0.867 bits per heavy atom. The molecule has 2 amide bonds. The average Bonchev–Trinajstić information content (AvgIpc) is 3.32. The van der Waals surface area contributed by atoms with E-state index in [1.807, 2.05) is 12.4 Å². The third-order valence-corrected chi connectivity index (χ3v) is 7.47. The Balaban J connectivity index is 1.06. The van der Waals surface area contributed by atoms with Gasteiger partial charge in [-0.1, -0.05) is 25.0 Å². The van der Waals surface area contributed by atoms with Crippen molar-refractivity contribution in [3.63, 3.8) is 0 Å². The molecule has 3 fully saturated rings. The maximum absolute atomic E-state index is 12.6. The molecule has 3 heterocycles. The van der Waals surface area contributed by atoms with E-state index in [1.54, 1.807) is 4.90 Å². The number of hydrogen-bond donors (Lipinski definition) is 0. The molecular weight excluding hydrogens is 376 g/mol. The van der Waals surface area contributed by atoms with Gasteiger partial charge >= 0.3 is 0 Å². The van der Waals surface area contributed by atoms with Crippen molar-refractivity contribution in [1.29, 1.82) is 0 Å². The SMILES string of the molecule is O=C1[C@H]2CCCC[C@H]2C(=O)N1CCCCN1CCC(n2cnc3ccccc32)CC1. The number of hydrogen-bond acceptors (Lipinski definition) is 4. The van der Waals surface area contributed by atoms with Crippen LogP contribution in [0.4, 0.5) is 0 Å². The topological polar surface area (TPSA) is 58.4 Å². The minimum absolute atomic E-state index is 0.00969. The lowest BCUT2D eigenvalue weighted by molar-refractivity contribution is -0.140. The Bertz CT molecular complexity index is 891. The molecule has 1 aromatic heterocycles. The van der Waals surface area contributed by atoms with E-state index < -0.39 is 0 Å². The zero-order valence-corrected chi connectivity index (χ0v) is 17.7. The molecule has 6 nitrogen and oxygen atoms in total. The molecule has 0 N–H and O–H groups in total. The zero-order valence-electron chi connectivity index (χ0n) is 17.7. The molecule has 5 rings (SSSR count). The lowest BCUT2D eigenvalue weighted by Gasteiger charge is -2.33. The number of piperidine rings is 1. The molecule has 0 bridgehead atoms. The summed E-state index contributed by atoms with van der Waals surface area (Å²) in [4.78, 5) is 33.8. The average molecular weight is 409 g/mol. The number of amides is 2. The third kappa shape index (κ3) is 3.66. The molecule has 6 heteroatoms. The second-order valence-corrected chi connectivity index (χ2v) is 9.25. The molecule has 2 saturated heterocycles. The number of unbranched alkanes of at least 4 members (excludes halogenated alkanes) is 1. The number of benzene rings is 1. The number of para-hydroxylation sites is 2. The summed E-state index contributed by atoms with van der Waals surface area (Å²) in [5.74, 6) is 0.199. The quantitative estimate of drug-likeness (QED) is 0.541. The number of nitrogens with zero attached hydrogens (tertiary/aromatic N) is 4. The molecule has 1 aliphatic carbocycles. The molecule has 160 valence electrons. The normalized spacial score (nSPS) is 25.9. The summed E-state index contributed by atoms with van der Waals surface area (Å²) in [5.41, 5.74) is 2.31. The maximum atomic E-state index is 12.6. The van der Waals surface area contributed by atoms with E-state index in [1.165, 1.54) is 5.52 Å². The maximum Gasteiger partial charge on any atom is 0.233 e. The first-order chi connectivity index (χ1) is 14.7. The summed E-state index contributed by atoms with van der Waals surface area (Å²) >= 11 is 0. The smallest absolute Gasteiger partial charge is 0.233 e. The fraction of sp³-hybridized carbons (Fsp3) is 0.625. The van der Waals surface area contributed by atoms with E-state index in [-0.39, 0.29) is 23.7 Å². The van der Waals surface area contributed by atoms with Gasteiger partial charge in [0.05, 0.1) is 29.2 Å². The Hall–Kier alpha value is -2.21. The van der Waals surface area contributed by atoms with Crippen LogP contribution in [0.2, 0.25) is 0 Å². The second-order valence-electron chi connectivity index (χ2n) is 9.25. The predicted molar refractivity (Wildman–Crippen MR) is 116 cm³/mol. The first kappa shape index (κ1) is 19.7. The number of likely N-dealkylation sites (tertiary alicyclic amines) is 2. The van der Waals surface area contributed by atoms with Gasteiger partial charge in [0.1, 0.15) is 0 Å². The molecule has 1 aromatic carbocycles. The molecule has 2 aliphatic heterocycles. The number of rotatable bonds is 6. The predicted octanol–water partition coefficient (Wildman–Crippen LogP) is 3.63. The summed E-state index contributed by atoms with van der Waals surface area (Å²) in [5, 5.41) is 0. The van der Waals surface area contributed by atoms with Gasteiger partial charge in [0, 0.05) is 25.7 Å². The number of carbonyl (C=O) groups excluding carboxylic acids is 2. The van der Waals surface area contributed by atoms with Crippen molar-refractivity contribution in [3.05, 3.63) is 30.6 Å². The minimum Gasteiger partial charge on any atom is -0.327 e. The van der Waals surface area contributed by atoms with Gasteiger partial charge in [-0.2, -0.15) is 0 Å². The van der Waals surface area contributed by atoms with E-state index in [2.05, 4.69) is 32.7 Å². The summed E-state index contributed by atoms with van der Waals surface area (Å²) in [6.07, 6.45) is 10.3. The van der Waals surface area contributed by atoms with E-state index in [4.69, 9.17) is 0 Å². The molecule has 3 aliphatic rings. The van der Waals surface area contributed by atoms with Crippen LogP contribution in [0.1, 0.15) is 57.4 Å². The molecule has 2 aromatic rings. The van der Waals surface area contributed by atoms with Gasteiger partial charge in [-0.15, -0.1) is 0 Å². The van der Waals surface area contributed by atoms with Crippen LogP contribution in [-0.2, 0) is 9.59 Å². The van der Waals surface area contributed by atoms with Gasteiger partial charge in [-0.3, -0.25) is 14.5 Å². The summed E-state index contributed by atoms with van der Waals surface area (Å²) < 4.78 is 2.34. The van der Waals surface area contributed by atoms with Crippen molar-refractivity contribution >= 4 is 22.8 Å². The number of fused-ring (bicyclic) bond motifs is 2. The van der Waals surface area contributed by atoms with Crippen molar-refractivity contribution in [2.75, 3.05) is 26.2 Å². The van der Waals surface area contributed by atoms with Crippen molar-refractivity contribution < 1.29 is 9.59 Å². The highest BCUT2D eigenvalue weighted by Gasteiger charge is 2.47. The Morgan fingerprint density at radius 3 is 2.27 bits per heavy atom. The van der Waals surface area contributed by atoms with E-state index in [0.717, 1.165) is 76.5 Å². The zero-order chi connectivity index (χ0) is 20.5. The van der Waals surface area contributed by atoms with E-state index in [9.17, 15) is 9.59 Å². The molecule has 0 unspecified atom stereocenters. The van der Waals surface area contributed by atoms with Crippen molar-refractivity contribution in [3.8, 4) is 0 Å². The van der Waals surface area contributed by atoms with Crippen LogP contribution in [0.25, 0.3) is 11.0 Å². The Morgan fingerprint density at radius 2 is 1.53 bits per heavy atom. The number of aromatic nitrogens is 2. The first-order valence-corrected chi connectivity index (χ1v) is 11.7. The largest absolute Gasteiger partial charge is 0.327 e. The lowest BCUT2D eigenvalue weighted by Crippen LogP contribution is -2.36. The molecule has 0 spiro atoms. The number of imidazole rings is 1. The number of carbonyl (C=O) groups is 2. The highest BCUT2D eigenvalue weighted by atomic mass is 16.2. The highest BCUT2D eigenvalue weighted by Crippen LogP contribution is 2.38. The van der Waals surface area contributed by atoms with Gasteiger partial charge in [0.25, 0.3) is 0 Å². The molecule has 2 atom stereocenters. The van der Waals surface area contributed by atoms with Gasteiger partial charge in [0.15, 0.2) is 0 Å². The molecular formula is C24H32N4O2. The summed E-state index contributed by atoms with van der Waals surface area (Å²) in [6.45, 7) is 3.87. The van der Waals surface area contributed by atoms with Crippen LogP contribution in [0.5, 0.6) is 0 Å². The molecule has 30 heavy (non-hydrogen) atoms. The fourth-order valence-corrected chi connectivity index (χ4v) is 5.75. The second kappa shape index (κ2) is 8.50. The monoisotopic (exact) mass is 408 g/mol. The van der Waals surface area contributed by atoms with Gasteiger partial charge < -0.3 is 9.47 Å². The standard InChI is InChI=1S/C24H32N4O2/c29-23-19-7-1-2-8-20(19)24(30)27(23)14-6-5-13-26-15-11-18(12-16-26)28-17-25-21-9-3-4-10-22(21)28/h3-4,9-10,17-20H,1-2,5-8,11-16H2/t19-,20+. The van der Waals surface area contributed by atoms with Crippen LogP contribution in [0.3, 0.4) is 0 Å². The van der Waals surface area contributed by atoms with Crippen molar-refractivity contribution in [2.45, 2.75) is 57.4 Å². The third-order valence-electron chi connectivity index (χ3n) is 7.47. The van der Waals surface area contributed by atoms with Gasteiger partial charge in [-0.25, -0.2) is 4.98 Å². The Kier molecular flexibility index (Phi) is 5.59. The minimum atomic E-state index is -0.00969. The van der Waals surface area contributed by atoms with Crippen LogP contribution in [-0.4, -0.2) is 57.3 Å². The lowest BCUT2D eigenvalue weighted by atomic mass is 9.81. The summed E-state index contributed by atoms with van der Waals surface area (Å²) in [6, 6.07) is 8.88. The van der Waals surface area contributed by atoms with Crippen molar-refractivity contribution in [2.24, 2.45) is 11.8 Å². The van der Waals surface area contributed by atoms with Crippen LogP contribution in [0.15, 0.2) is 30.6 Å². The fourth-order valence-electron chi connectivity index (χ4n) is 5.75. The van der Waals surface area contributed by atoms with Crippen LogP contribution >= 0.6 is 0 Å². The summed E-state index contributed by atoms with van der Waals surface area (Å²) in [7, 11) is 0. The van der Waals surface area contributed by atoms with Crippen molar-refractivity contribution in [1.82, 2.24) is 19.4 Å².